The number of nitrogens with one attached hydrogen (secondary N) is 1. The molecule has 3 heterocycles. The van der Waals surface area contributed by atoms with E-state index in [4.69, 9.17) is 9.51 Å². The van der Waals surface area contributed by atoms with Crippen molar-refractivity contribution in [3.05, 3.63) is 34.1 Å². The van der Waals surface area contributed by atoms with Crippen LogP contribution in [0.3, 0.4) is 0 Å². The normalized spacial score (nSPS) is 16.5. The minimum atomic E-state index is 0.503. The van der Waals surface area contributed by atoms with E-state index in [1.807, 2.05) is 13.1 Å². The van der Waals surface area contributed by atoms with Gasteiger partial charge < -0.3 is 14.7 Å². The molecule has 7 nitrogen and oxygen atoms in total. The molecule has 2 aromatic rings. The van der Waals surface area contributed by atoms with Crippen LogP contribution >= 0.6 is 11.3 Å². The standard InChI is InChI=1S/C18H28N6OS/c1-14(2)17-21-16(13-26-17)4-6-20-18(19-3)24-9-7-23(8-10-24)12-15-5-11-25-22-15/h5,11,13-14H,4,6-10,12H2,1-3H3,(H,19,20). The van der Waals surface area contributed by atoms with Gasteiger partial charge in [-0.05, 0) is 0 Å². The SMILES string of the molecule is CN=C(NCCc1csc(C(C)C)n1)N1CCN(Cc2ccon2)CC1. The predicted octanol–water partition coefficient (Wildman–Crippen LogP) is 2.19. The fourth-order valence-corrected chi connectivity index (χ4v) is 3.87. The maximum Gasteiger partial charge on any atom is 0.193 e. The molecule has 0 amide bonds. The van der Waals surface area contributed by atoms with Crippen LogP contribution in [0.5, 0.6) is 0 Å². The molecular formula is C18H28N6OS. The molecule has 0 bridgehead atoms. The number of aromatic nitrogens is 2. The van der Waals surface area contributed by atoms with E-state index in [1.165, 1.54) is 10.7 Å². The quantitative estimate of drug-likeness (QED) is 0.616. The maximum absolute atomic E-state index is 4.91. The second kappa shape index (κ2) is 9.14. The van der Waals surface area contributed by atoms with Gasteiger partial charge >= 0.3 is 0 Å². The summed E-state index contributed by atoms with van der Waals surface area (Å²) in [7, 11) is 1.85. The number of aliphatic imine (C=N–C) groups is 1. The Hall–Kier alpha value is -1.93. The molecule has 1 aliphatic heterocycles. The van der Waals surface area contributed by atoms with E-state index in [9.17, 15) is 0 Å². The summed E-state index contributed by atoms with van der Waals surface area (Å²) in [5.41, 5.74) is 2.16. The van der Waals surface area contributed by atoms with Crippen LogP contribution in [0, 0.1) is 0 Å². The Labute approximate surface area is 159 Å². The maximum atomic E-state index is 4.91. The molecule has 0 unspecified atom stereocenters. The third kappa shape index (κ3) is 5.04. The van der Waals surface area contributed by atoms with Crippen LogP contribution < -0.4 is 5.32 Å². The van der Waals surface area contributed by atoms with E-state index >= 15 is 0 Å². The number of piperazine rings is 1. The Morgan fingerprint density at radius 2 is 2.12 bits per heavy atom. The van der Waals surface area contributed by atoms with Crippen LogP contribution in [0.1, 0.15) is 36.2 Å². The second-order valence-corrected chi connectivity index (χ2v) is 7.70. The molecular weight excluding hydrogens is 348 g/mol. The first-order valence-electron chi connectivity index (χ1n) is 9.17. The summed E-state index contributed by atoms with van der Waals surface area (Å²) in [6, 6.07) is 1.93. The lowest BCUT2D eigenvalue weighted by atomic mass is 10.2. The van der Waals surface area contributed by atoms with Gasteiger partial charge in [-0.1, -0.05) is 19.0 Å². The lowest BCUT2D eigenvalue weighted by Crippen LogP contribution is -2.52. The lowest BCUT2D eigenvalue weighted by Gasteiger charge is -2.36. The molecule has 0 aliphatic carbocycles. The van der Waals surface area contributed by atoms with Crippen molar-refractivity contribution in [1.82, 2.24) is 25.3 Å². The summed E-state index contributed by atoms with van der Waals surface area (Å²) in [6.07, 6.45) is 2.55. The van der Waals surface area contributed by atoms with Crippen LogP contribution in [-0.2, 0) is 13.0 Å². The average molecular weight is 377 g/mol. The van der Waals surface area contributed by atoms with Crippen LogP contribution in [0.25, 0.3) is 0 Å². The van der Waals surface area contributed by atoms with Gasteiger partial charge in [0.15, 0.2) is 5.96 Å². The molecule has 26 heavy (non-hydrogen) atoms. The summed E-state index contributed by atoms with van der Waals surface area (Å²) >= 11 is 1.75. The van der Waals surface area contributed by atoms with Crippen molar-refractivity contribution < 1.29 is 4.52 Å². The highest BCUT2D eigenvalue weighted by molar-refractivity contribution is 7.09. The minimum Gasteiger partial charge on any atom is -0.364 e. The number of nitrogens with zero attached hydrogens (tertiary/aromatic N) is 5. The number of hydrogen-bond donors (Lipinski definition) is 1. The molecule has 1 N–H and O–H groups in total. The minimum absolute atomic E-state index is 0.503. The van der Waals surface area contributed by atoms with Crippen molar-refractivity contribution in [2.45, 2.75) is 32.7 Å². The van der Waals surface area contributed by atoms with Gasteiger partial charge in [0, 0.05) is 70.1 Å². The fourth-order valence-electron chi connectivity index (χ4n) is 3.00. The van der Waals surface area contributed by atoms with Crippen molar-refractivity contribution in [2.75, 3.05) is 39.8 Å². The Balaban J connectivity index is 1.41. The lowest BCUT2D eigenvalue weighted by molar-refractivity contribution is 0.169. The van der Waals surface area contributed by atoms with Gasteiger partial charge in [0.2, 0.25) is 0 Å². The van der Waals surface area contributed by atoms with Crippen molar-refractivity contribution in [1.29, 1.82) is 0 Å². The largest absolute Gasteiger partial charge is 0.364 e. The molecule has 3 rings (SSSR count). The summed E-state index contributed by atoms with van der Waals surface area (Å²) < 4.78 is 4.91. The van der Waals surface area contributed by atoms with Gasteiger partial charge in [0.25, 0.3) is 0 Å². The molecule has 0 radical (unpaired) electrons. The predicted molar refractivity (Wildman–Crippen MR) is 105 cm³/mol. The van der Waals surface area contributed by atoms with Crippen molar-refractivity contribution in [3.63, 3.8) is 0 Å². The molecule has 1 fully saturated rings. The zero-order chi connectivity index (χ0) is 18.4. The monoisotopic (exact) mass is 376 g/mol. The van der Waals surface area contributed by atoms with Gasteiger partial charge in [-0.25, -0.2) is 4.98 Å². The third-order valence-corrected chi connectivity index (χ3v) is 5.68. The summed E-state index contributed by atoms with van der Waals surface area (Å²) in [6.45, 7) is 9.99. The van der Waals surface area contributed by atoms with E-state index in [0.717, 1.165) is 57.3 Å². The number of thiazole rings is 1. The van der Waals surface area contributed by atoms with Crippen molar-refractivity contribution in [2.24, 2.45) is 4.99 Å². The van der Waals surface area contributed by atoms with E-state index in [0.29, 0.717) is 5.92 Å². The van der Waals surface area contributed by atoms with E-state index in [2.05, 4.69) is 44.5 Å². The Morgan fingerprint density at radius 1 is 1.31 bits per heavy atom. The van der Waals surface area contributed by atoms with Crippen LogP contribution in [-0.4, -0.2) is 65.7 Å². The average Bonchev–Trinajstić information content (AvgIpc) is 3.32. The van der Waals surface area contributed by atoms with E-state index < -0.39 is 0 Å². The van der Waals surface area contributed by atoms with Gasteiger partial charge in [-0.2, -0.15) is 0 Å². The first-order valence-corrected chi connectivity index (χ1v) is 10.0. The van der Waals surface area contributed by atoms with Gasteiger partial charge in [0.05, 0.1) is 16.4 Å². The van der Waals surface area contributed by atoms with Gasteiger partial charge in [0.1, 0.15) is 6.26 Å². The molecule has 1 saturated heterocycles. The molecule has 0 atom stereocenters. The zero-order valence-corrected chi connectivity index (χ0v) is 16.6. The highest BCUT2D eigenvalue weighted by atomic mass is 32.1. The highest BCUT2D eigenvalue weighted by Crippen LogP contribution is 2.19. The van der Waals surface area contributed by atoms with Crippen LogP contribution in [0.4, 0.5) is 0 Å². The summed E-state index contributed by atoms with van der Waals surface area (Å²) in [5, 5.41) is 10.9. The molecule has 0 aromatic carbocycles. The van der Waals surface area contributed by atoms with Crippen LogP contribution in [0.2, 0.25) is 0 Å². The molecule has 0 spiro atoms. The molecule has 0 saturated carbocycles. The van der Waals surface area contributed by atoms with Crippen LogP contribution in [0.15, 0.2) is 27.2 Å². The Kier molecular flexibility index (Phi) is 6.62. The number of hydrogen-bond acceptors (Lipinski definition) is 6. The second-order valence-electron chi connectivity index (χ2n) is 6.81. The third-order valence-electron chi connectivity index (χ3n) is 4.49. The van der Waals surface area contributed by atoms with Crippen molar-refractivity contribution in [3.8, 4) is 0 Å². The molecule has 1 aliphatic rings. The molecule has 2 aromatic heterocycles. The summed E-state index contributed by atoms with van der Waals surface area (Å²) in [4.78, 5) is 13.9. The van der Waals surface area contributed by atoms with Gasteiger partial charge in [-0.15, -0.1) is 11.3 Å². The Morgan fingerprint density at radius 3 is 2.73 bits per heavy atom. The number of guanidine groups is 1. The zero-order valence-electron chi connectivity index (χ0n) is 15.8. The molecule has 142 valence electrons. The van der Waals surface area contributed by atoms with Gasteiger partial charge in [-0.3, -0.25) is 9.89 Å². The highest BCUT2D eigenvalue weighted by Gasteiger charge is 2.20. The topological polar surface area (TPSA) is 69.8 Å². The first-order chi connectivity index (χ1) is 12.7. The smallest absolute Gasteiger partial charge is 0.193 e. The van der Waals surface area contributed by atoms with E-state index in [-0.39, 0.29) is 0 Å². The van der Waals surface area contributed by atoms with Crippen molar-refractivity contribution >= 4 is 17.3 Å². The Bertz CT molecular complexity index is 688. The number of rotatable bonds is 6. The molecule has 8 heteroatoms. The summed E-state index contributed by atoms with van der Waals surface area (Å²) in [5.74, 6) is 1.48. The fraction of sp³-hybridized carbons (Fsp3) is 0.611. The van der Waals surface area contributed by atoms with E-state index in [1.54, 1.807) is 17.6 Å². The first kappa shape index (κ1) is 18.8.